The van der Waals surface area contributed by atoms with E-state index in [1.54, 1.807) is 28.3 Å². The monoisotopic (exact) mass is 975 g/mol. The van der Waals surface area contributed by atoms with Crippen LogP contribution in [0.15, 0.2) is 60.9 Å². The number of nitrogens with one attached hydrogen (secondary N) is 4. The van der Waals surface area contributed by atoms with Crippen molar-refractivity contribution in [2.45, 2.75) is 124 Å². The zero-order chi connectivity index (χ0) is 51.5. The van der Waals surface area contributed by atoms with Gasteiger partial charge in [0.05, 0.1) is 37.7 Å². The quantitative estimate of drug-likeness (QED) is 0.105. The molecule has 0 spiro atoms. The van der Waals surface area contributed by atoms with Gasteiger partial charge in [-0.25, -0.2) is 19.6 Å². The average molecular weight is 975 g/mol. The number of methoxy groups -OCH3 is 2. The second kappa shape index (κ2) is 21.6. The molecule has 5 heterocycles. The summed E-state index contributed by atoms with van der Waals surface area (Å²) in [5.74, 6) is 0.205. The van der Waals surface area contributed by atoms with Crippen LogP contribution in [0.1, 0.15) is 108 Å². The van der Waals surface area contributed by atoms with Gasteiger partial charge >= 0.3 is 12.2 Å². The third-order valence-electron chi connectivity index (χ3n) is 14.5. The van der Waals surface area contributed by atoms with Crippen molar-refractivity contribution in [2.75, 3.05) is 50.6 Å². The smallest absolute Gasteiger partial charge is 0.407 e. The summed E-state index contributed by atoms with van der Waals surface area (Å²) in [6.07, 6.45) is 4.82. The first-order valence-corrected chi connectivity index (χ1v) is 24.7. The normalized spacial score (nSPS) is 21.0. The summed E-state index contributed by atoms with van der Waals surface area (Å²) in [6.45, 7) is 19.3. The first kappa shape index (κ1) is 51.9. The fourth-order valence-electron chi connectivity index (χ4n) is 10.4. The van der Waals surface area contributed by atoms with Crippen molar-refractivity contribution in [3.05, 3.63) is 83.4 Å². The molecule has 2 aromatic carbocycles. The highest BCUT2D eigenvalue weighted by Gasteiger charge is 2.51. The fraction of sp³-hybridized carbons (Fsp3) is 0.509. The van der Waals surface area contributed by atoms with Crippen LogP contribution in [-0.4, -0.2) is 136 Å². The average Bonchev–Trinajstić information content (AvgIpc) is 4.13. The molecule has 0 saturated carbocycles. The maximum Gasteiger partial charge on any atom is 0.407 e. The van der Waals surface area contributed by atoms with Gasteiger partial charge in [0, 0.05) is 50.1 Å². The molecule has 0 bridgehead atoms. The van der Waals surface area contributed by atoms with Gasteiger partial charge in [0.1, 0.15) is 29.3 Å². The van der Waals surface area contributed by atoms with Crippen LogP contribution in [-0.2, 0) is 23.9 Å². The second-order valence-corrected chi connectivity index (χ2v) is 20.2. The van der Waals surface area contributed by atoms with E-state index in [-0.39, 0.29) is 53.6 Å². The Labute approximate surface area is 416 Å². The van der Waals surface area contributed by atoms with Gasteiger partial charge < -0.3 is 50.0 Å². The molecule has 7 rings (SSSR count). The molecule has 4 aromatic rings. The second-order valence-electron chi connectivity index (χ2n) is 20.2. The highest BCUT2D eigenvalue weighted by atomic mass is 16.5. The van der Waals surface area contributed by atoms with Crippen LogP contribution in [0.4, 0.5) is 21.1 Å². The molecule has 0 aliphatic carbocycles. The summed E-state index contributed by atoms with van der Waals surface area (Å²) in [6, 6.07) is 13.6. The molecule has 6 amide bonds. The van der Waals surface area contributed by atoms with E-state index in [4.69, 9.17) is 19.4 Å². The van der Waals surface area contributed by atoms with Crippen LogP contribution in [0.25, 0.3) is 22.4 Å². The predicted octanol–water partition coefficient (Wildman–Crippen LogP) is 7.24. The maximum atomic E-state index is 14.4. The van der Waals surface area contributed by atoms with Gasteiger partial charge in [0.25, 0.3) is 5.91 Å². The number of hydrogen-bond donors (Lipinski definition) is 4. The van der Waals surface area contributed by atoms with Crippen molar-refractivity contribution in [3.63, 3.8) is 0 Å². The topological polar surface area (TPSA) is 211 Å². The maximum absolute atomic E-state index is 14.4. The molecule has 0 radical (unpaired) electrons. The number of benzene rings is 2. The van der Waals surface area contributed by atoms with E-state index in [1.165, 1.54) is 14.2 Å². The van der Waals surface area contributed by atoms with E-state index in [0.29, 0.717) is 61.9 Å². The molecule has 380 valence electrons. The molecule has 3 saturated heterocycles. The summed E-state index contributed by atoms with van der Waals surface area (Å²) in [5, 5.41) is 8.39. The largest absolute Gasteiger partial charge is 0.453 e. The number of likely N-dealkylation sites (tertiary alicyclic amines) is 2. The zero-order valence-corrected chi connectivity index (χ0v) is 42.9. The van der Waals surface area contributed by atoms with Crippen LogP contribution in [0.2, 0.25) is 0 Å². The summed E-state index contributed by atoms with van der Waals surface area (Å²) >= 11 is 0. The molecule has 4 N–H and O–H groups in total. The van der Waals surface area contributed by atoms with E-state index in [0.717, 1.165) is 46.4 Å². The third-order valence-corrected chi connectivity index (χ3v) is 14.5. The number of imidazole rings is 1. The Balaban J connectivity index is 0.961. The molecular weight excluding hydrogens is 905 g/mol. The minimum absolute atomic E-state index is 0.102. The van der Waals surface area contributed by atoms with Crippen molar-refractivity contribution in [1.29, 1.82) is 0 Å². The summed E-state index contributed by atoms with van der Waals surface area (Å²) in [7, 11) is 2.54. The van der Waals surface area contributed by atoms with Gasteiger partial charge in [-0.05, 0) is 130 Å². The van der Waals surface area contributed by atoms with E-state index >= 15 is 0 Å². The number of carbonyl (C=O) groups is 6. The number of pyridine rings is 1. The Hall–Kier alpha value is -6.98. The number of alkyl carbamates (subject to hydrolysis) is 2. The number of piperazine rings is 1. The fourth-order valence-corrected chi connectivity index (χ4v) is 10.4. The number of ether oxygens (including phenoxy) is 2. The molecule has 6 atom stereocenters. The van der Waals surface area contributed by atoms with E-state index < -0.39 is 29.8 Å². The Morgan fingerprint density at radius 3 is 2.00 bits per heavy atom. The van der Waals surface area contributed by atoms with E-state index in [1.807, 2.05) is 90.6 Å². The number of aromatic amines is 1. The predicted molar refractivity (Wildman–Crippen MR) is 270 cm³/mol. The van der Waals surface area contributed by atoms with Gasteiger partial charge in [0.2, 0.25) is 17.7 Å². The summed E-state index contributed by atoms with van der Waals surface area (Å²) in [5.41, 5.74) is 5.92. The SMILES string of the molecule is COC(=O)NC(C(=O)N1CCCC1c1ncc(-c2ccc(-c3ccc(NC(=O)c4ccc(N5CC(C)N(C(=O)C6(C)CCCN6C(=O)C(NC(=O)OC)C(C)C)CC5C)nc4)cc3C)c(C)c2)[nH]1)C(C)C. The van der Waals surface area contributed by atoms with Crippen LogP contribution in [0, 0.1) is 25.7 Å². The molecule has 71 heavy (non-hydrogen) atoms. The lowest BCUT2D eigenvalue weighted by Crippen LogP contribution is -2.66. The van der Waals surface area contributed by atoms with Gasteiger partial charge in [-0.3, -0.25) is 19.2 Å². The third kappa shape index (κ3) is 10.9. The molecule has 3 aliphatic heterocycles. The van der Waals surface area contributed by atoms with Crippen LogP contribution >= 0.6 is 0 Å². The minimum atomic E-state index is -1.06. The van der Waals surface area contributed by atoms with Crippen molar-refractivity contribution < 1.29 is 38.2 Å². The lowest BCUT2D eigenvalue weighted by molar-refractivity contribution is -0.154. The molecular formula is C53H70N10O8. The Morgan fingerprint density at radius 2 is 1.39 bits per heavy atom. The molecule has 3 aliphatic rings. The van der Waals surface area contributed by atoms with Gasteiger partial charge in [-0.2, -0.15) is 0 Å². The molecule has 3 fully saturated rings. The van der Waals surface area contributed by atoms with Gasteiger partial charge in [-0.15, -0.1) is 0 Å². The van der Waals surface area contributed by atoms with Crippen LogP contribution < -0.4 is 20.9 Å². The summed E-state index contributed by atoms with van der Waals surface area (Å²) in [4.78, 5) is 99.9. The van der Waals surface area contributed by atoms with Crippen molar-refractivity contribution in [3.8, 4) is 22.4 Å². The molecule has 2 aromatic heterocycles. The first-order chi connectivity index (χ1) is 33.8. The lowest BCUT2D eigenvalue weighted by atomic mass is 9.92. The van der Waals surface area contributed by atoms with Crippen LogP contribution in [0.5, 0.6) is 0 Å². The number of rotatable bonds is 13. The summed E-state index contributed by atoms with van der Waals surface area (Å²) < 4.78 is 9.55. The number of amides is 6. The van der Waals surface area contributed by atoms with E-state index in [9.17, 15) is 28.8 Å². The first-order valence-electron chi connectivity index (χ1n) is 24.7. The van der Waals surface area contributed by atoms with E-state index in [2.05, 4.69) is 44.9 Å². The van der Waals surface area contributed by atoms with Gasteiger partial charge in [0.15, 0.2) is 0 Å². The van der Waals surface area contributed by atoms with Crippen molar-refractivity contribution in [2.24, 2.45) is 11.8 Å². The molecule has 6 unspecified atom stereocenters. The molecule has 18 heteroatoms. The number of H-pyrrole nitrogens is 1. The van der Waals surface area contributed by atoms with Gasteiger partial charge in [-0.1, -0.05) is 45.9 Å². The Kier molecular flexibility index (Phi) is 15.8. The number of carbonyl (C=O) groups excluding carboxylic acids is 6. The van der Waals surface area contributed by atoms with Crippen molar-refractivity contribution in [1.82, 2.24) is 40.3 Å². The number of aryl methyl sites for hydroxylation is 2. The number of nitrogens with zero attached hydrogens (tertiary/aromatic N) is 6. The highest BCUT2D eigenvalue weighted by molar-refractivity contribution is 6.04. The highest BCUT2D eigenvalue weighted by Crippen LogP contribution is 2.37. The number of hydrogen-bond acceptors (Lipinski definition) is 11. The number of aromatic nitrogens is 3. The zero-order valence-electron chi connectivity index (χ0n) is 42.9. The van der Waals surface area contributed by atoms with Crippen molar-refractivity contribution >= 4 is 47.3 Å². The standard InChI is InChI=1S/C53H70N10O8/c1-30(2)44(58-51(68)70-10)48(65)60-22-12-14-42(60)46-55-27-41(57-46)36-15-18-39(32(5)24-36)40-19-17-38(25-33(40)6)56-47(64)37-16-20-43(54-26-37)61-28-35(8)62(29-34(61)7)50(67)53(9)21-13-23-63(53)49(66)45(31(3)4)59-52(69)71-11/h15-20,24-27,30-31,34-35,42,44-45H,12-14,21-23,28-29H2,1-11H3,(H,55,57)(H,56,64)(H,58,68)(H,59,69). The lowest BCUT2D eigenvalue weighted by Gasteiger charge is -2.48. The minimum Gasteiger partial charge on any atom is -0.453 e. The molecule has 18 nitrogen and oxygen atoms in total. The van der Waals surface area contributed by atoms with Crippen LogP contribution in [0.3, 0.4) is 0 Å². The Bertz CT molecular complexity index is 2630. The Morgan fingerprint density at radius 1 is 0.746 bits per heavy atom. The number of anilines is 2.